The number of benzene rings is 1. The molecule has 0 aliphatic heterocycles. The third-order valence-corrected chi connectivity index (χ3v) is 5.05. The lowest BCUT2D eigenvalue weighted by atomic mass is 10.1. The normalized spacial score (nSPS) is 11.3. The van der Waals surface area contributed by atoms with Crippen LogP contribution in [0.2, 0.25) is 0 Å². The minimum atomic E-state index is -0.132. The molecule has 2 aromatic heterocycles. The van der Waals surface area contributed by atoms with E-state index in [4.69, 9.17) is 0 Å². The zero-order valence-electron chi connectivity index (χ0n) is 13.8. The third-order valence-electron chi connectivity index (χ3n) is 3.91. The highest BCUT2D eigenvalue weighted by Gasteiger charge is 2.20. The Balaban J connectivity index is 1.98. The summed E-state index contributed by atoms with van der Waals surface area (Å²) in [5.41, 5.74) is 2.77. The number of carbonyl (C=O) groups is 1. The molecule has 0 saturated heterocycles. The molecule has 120 valence electrons. The van der Waals surface area contributed by atoms with Crippen molar-refractivity contribution < 1.29 is 4.79 Å². The van der Waals surface area contributed by atoms with Crippen molar-refractivity contribution in [2.45, 2.75) is 40.2 Å². The summed E-state index contributed by atoms with van der Waals surface area (Å²) in [4.78, 5) is 12.8. The molecule has 23 heavy (non-hydrogen) atoms. The SMILES string of the molecule is CCn1c(C(=O)Nc2nnc(C(C)C)s2)c(C)c2ccccc21. The zero-order chi connectivity index (χ0) is 16.6. The van der Waals surface area contributed by atoms with E-state index < -0.39 is 0 Å². The van der Waals surface area contributed by atoms with Gasteiger partial charge in [0.2, 0.25) is 5.13 Å². The van der Waals surface area contributed by atoms with Crippen LogP contribution < -0.4 is 5.32 Å². The van der Waals surface area contributed by atoms with Crippen LogP contribution in [0.4, 0.5) is 5.13 Å². The first-order valence-electron chi connectivity index (χ1n) is 7.75. The fourth-order valence-electron chi connectivity index (χ4n) is 2.77. The summed E-state index contributed by atoms with van der Waals surface area (Å²) in [6.07, 6.45) is 0. The molecule has 0 unspecified atom stereocenters. The van der Waals surface area contributed by atoms with Gasteiger partial charge in [-0.2, -0.15) is 0 Å². The van der Waals surface area contributed by atoms with Crippen LogP contribution in [0.5, 0.6) is 0 Å². The van der Waals surface area contributed by atoms with E-state index in [0.717, 1.165) is 28.0 Å². The molecule has 2 heterocycles. The van der Waals surface area contributed by atoms with Gasteiger partial charge in [-0.25, -0.2) is 0 Å². The molecule has 6 heteroatoms. The Morgan fingerprint density at radius 3 is 2.70 bits per heavy atom. The van der Waals surface area contributed by atoms with Crippen LogP contribution in [0, 0.1) is 6.92 Å². The number of nitrogens with one attached hydrogen (secondary N) is 1. The lowest BCUT2D eigenvalue weighted by Gasteiger charge is -2.08. The van der Waals surface area contributed by atoms with Gasteiger partial charge in [-0.1, -0.05) is 43.4 Å². The summed E-state index contributed by atoms with van der Waals surface area (Å²) in [5.74, 6) is 0.175. The van der Waals surface area contributed by atoms with Gasteiger partial charge in [0.15, 0.2) is 0 Å². The smallest absolute Gasteiger partial charge is 0.274 e. The van der Waals surface area contributed by atoms with E-state index in [0.29, 0.717) is 16.7 Å². The van der Waals surface area contributed by atoms with E-state index in [9.17, 15) is 4.79 Å². The van der Waals surface area contributed by atoms with Crippen molar-refractivity contribution in [3.63, 3.8) is 0 Å². The Hall–Kier alpha value is -2.21. The van der Waals surface area contributed by atoms with Gasteiger partial charge >= 0.3 is 0 Å². The number of aromatic nitrogens is 3. The maximum atomic E-state index is 12.8. The van der Waals surface area contributed by atoms with E-state index in [-0.39, 0.29) is 5.91 Å². The van der Waals surface area contributed by atoms with Crippen molar-refractivity contribution in [2.24, 2.45) is 0 Å². The lowest BCUT2D eigenvalue weighted by molar-refractivity contribution is 0.101. The molecule has 3 rings (SSSR count). The van der Waals surface area contributed by atoms with E-state index in [2.05, 4.69) is 35.4 Å². The summed E-state index contributed by atoms with van der Waals surface area (Å²) < 4.78 is 2.05. The van der Waals surface area contributed by atoms with E-state index >= 15 is 0 Å². The molecule has 0 saturated carbocycles. The highest BCUT2D eigenvalue weighted by molar-refractivity contribution is 7.15. The minimum Gasteiger partial charge on any atom is -0.337 e. The molecule has 0 radical (unpaired) electrons. The van der Waals surface area contributed by atoms with Crippen LogP contribution in [-0.2, 0) is 6.54 Å². The molecule has 3 aromatic rings. The van der Waals surface area contributed by atoms with Gasteiger partial charge in [0.25, 0.3) is 5.91 Å². The number of anilines is 1. The quantitative estimate of drug-likeness (QED) is 0.781. The monoisotopic (exact) mass is 328 g/mol. The second kappa shape index (κ2) is 6.12. The summed E-state index contributed by atoms with van der Waals surface area (Å²) in [7, 11) is 0. The van der Waals surface area contributed by atoms with Gasteiger partial charge in [0.1, 0.15) is 10.7 Å². The molecule has 5 nitrogen and oxygen atoms in total. The van der Waals surface area contributed by atoms with Crippen LogP contribution >= 0.6 is 11.3 Å². The largest absolute Gasteiger partial charge is 0.337 e. The van der Waals surface area contributed by atoms with Crippen molar-refractivity contribution in [3.05, 3.63) is 40.5 Å². The third kappa shape index (κ3) is 2.74. The topological polar surface area (TPSA) is 59.8 Å². The molecule has 0 aliphatic carbocycles. The number of aryl methyl sites for hydroxylation is 2. The van der Waals surface area contributed by atoms with Crippen LogP contribution in [-0.4, -0.2) is 20.7 Å². The maximum absolute atomic E-state index is 12.8. The number of carbonyl (C=O) groups excluding carboxylic acids is 1. The first kappa shape index (κ1) is 15.7. The Morgan fingerprint density at radius 1 is 1.30 bits per heavy atom. The fraction of sp³-hybridized carbons (Fsp3) is 0.353. The number of hydrogen-bond donors (Lipinski definition) is 1. The molecule has 0 spiro atoms. The van der Waals surface area contributed by atoms with E-state index in [1.165, 1.54) is 11.3 Å². The van der Waals surface area contributed by atoms with Gasteiger partial charge in [-0.15, -0.1) is 10.2 Å². The molecule has 0 bridgehead atoms. The zero-order valence-corrected chi connectivity index (χ0v) is 14.6. The minimum absolute atomic E-state index is 0.132. The van der Waals surface area contributed by atoms with Crippen LogP contribution in [0.15, 0.2) is 24.3 Å². The molecule has 0 fully saturated rings. The van der Waals surface area contributed by atoms with Gasteiger partial charge in [-0.05, 0) is 25.5 Å². The van der Waals surface area contributed by atoms with Gasteiger partial charge in [0.05, 0.1) is 0 Å². The Labute approximate surface area is 139 Å². The predicted molar refractivity (Wildman–Crippen MR) is 94.3 cm³/mol. The number of fused-ring (bicyclic) bond motifs is 1. The summed E-state index contributed by atoms with van der Waals surface area (Å²) in [5, 5.41) is 13.7. The number of nitrogens with zero attached hydrogens (tertiary/aromatic N) is 3. The molecular formula is C17H20N4OS. The van der Waals surface area contributed by atoms with Crippen molar-refractivity contribution in [2.75, 3.05) is 5.32 Å². The van der Waals surface area contributed by atoms with Crippen molar-refractivity contribution >= 4 is 33.3 Å². The first-order chi connectivity index (χ1) is 11.0. The second-order valence-corrected chi connectivity index (χ2v) is 6.80. The van der Waals surface area contributed by atoms with Crippen molar-refractivity contribution in [3.8, 4) is 0 Å². The predicted octanol–water partition coefficient (Wildman–Crippen LogP) is 4.20. The fourth-order valence-corrected chi connectivity index (χ4v) is 3.51. The molecule has 0 aliphatic rings. The maximum Gasteiger partial charge on any atom is 0.274 e. The van der Waals surface area contributed by atoms with Gasteiger partial charge in [-0.3, -0.25) is 10.1 Å². The Bertz CT molecular complexity index is 863. The molecular weight excluding hydrogens is 308 g/mol. The summed E-state index contributed by atoms with van der Waals surface area (Å²) >= 11 is 1.43. The molecule has 1 N–H and O–H groups in total. The summed E-state index contributed by atoms with van der Waals surface area (Å²) in [6.45, 7) is 8.90. The van der Waals surface area contributed by atoms with E-state index in [1.807, 2.05) is 36.6 Å². The number of para-hydroxylation sites is 1. The average Bonchev–Trinajstić information content (AvgIpc) is 3.10. The van der Waals surface area contributed by atoms with Crippen LogP contribution in [0.25, 0.3) is 10.9 Å². The van der Waals surface area contributed by atoms with Gasteiger partial charge < -0.3 is 4.57 Å². The highest BCUT2D eigenvalue weighted by atomic mass is 32.1. The van der Waals surface area contributed by atoms with Gasteiger partial charge in [0, 0.05) is 23.4 Å². The van der Waals surface area contributed by atoms with Crippen molar-refractivity contribution in [1.29, 1.82) is 0 Å². The average molecular weight is 328 g/mol. The van der Waals surface area contributed by atoms with Crippen LogP contribution in [0.3, 0.4) is 0 Å². The lowest BCUT2D eigenvalue weighted by Crippen LogP contribution is -2.17. The molecule has 1 amide bonds. The van der Waals surface area contributed by atoms with E-state index in [1.54, 1.807) is 0 Å². The molecule has 0 atom stereocenters. The van der Waals surface area contributed by atoms with Crippen molar-refractivity contribution in [1.82, 2.24) is 14.8 Å². The Morgan fingerprint density at radius 2 is 2.04 bits per heavy atom. The Kier molecular flexibility index (Phi) is 4.17. The standard InChI is InChI=1S/C17H20N4OS/c1-5-21-13-9-7-6-8-12(13)11(4)14(21)15(22)18-17-20-19-16(23-17)10(2)3/h6-10H,5H2,1-4H3,(H,18,20,22). The second-order valence-electron chi connectivity index (χ2n) is 5.79. The summed E-state index contributed by atoms with van der Waals surface area (Å²) in [6, 6.07) is 8.09. The molecule has 1 aromatic carbocycles. The first-order valence-corrected chi connectivity index (χ1v) is 8.57. The van der Waals surface area contributed by atoms with Crippen LogP contribution in [0.1, 0.15) is 47.7 Å². The number of amides is 1. The number of hydrogen-bond acceptors (Lipinski definition) is 4. The number of rotatable bonds is 4. The highest BCUT2D eigenvalue weighted by Crippen LogP contribution is 2.27.